The van der Waals surface area contributed by atoms with E-state index in [0.29, 0.717) is 6.04 Å². The summed E-state index contributed by atoms with van der Waals surface area (Å²) in [6.07, 6.45) is 13.4. The molecule has 1 aromatic heterocycles. The van der Waals surface area contributed by atoms with Crippen molar-refractivity contribution in [1.29, 1.82) is 0 Å². The Hall–Kier alpha value is -0.830. The van der Waals surface area contributed by atoms with Crippen LogP contribution in [-0.2, 0) is 6.54 Å². The van der Waals surface area contributed by atoms with Crippen molar-refractivity contribution in [3.05, 3.63) is 18.2 Å². The van der Waals surface area contributed by atoms with E-state index in [1.54, 1.807) is 0 Å². The molecular weight excluding hydrogens is 186 g/mol. The lowest BCUT2D eigenvalue weighted by Gasteiger charge is -2.20. The standard InChI is InChI=1S/C12H21N3/c1-2-4-6-11(7-5-3-1)15-10-12-13-8-9-14-12/h8-9,11,15H,1-7,10H2,(H,13,14). The molecule has 84 valence electrons. The van der Waals surface area contributed by atoms with Crippen molar-refractivity contribution in [2.45, 2.75) is 57.5 Å². The summed E-state index contributed by atoms with van der Waals surface area (Å²) in [7, 11) is 0. The van der Waals surface area contributed by atoms with Crippen LogP contribution in [0, 0.1) is 0 Å². The van der Waals surface area contributed by atoms with Gasteiger partial charge >= 0.3 is 0 Å². The molecule has 2 N–H and O–H groups in total. The molecule has 0 bridgehead atoms. The fourth-order valence-electron chi connectivity index (χ4n) is 2.30. The Morgan fingerprint density at radius 2 is 1.93 bits per heavy atom. The van der Waals surface area contributed by atoms with Crippen LogP contribution in [0.25, 0.3) is 0 Å². The molecule has 0 radical (unpaired) electrons. The van der Waals surface area contributed by atoms with Gasteiger partial charge in [-0.05, 0) is 12.8 Å². The summed E-state index contributed by atoms with van der Waals surface area (Å²) in [5.41, 5.74) is 0. The maximum absolute atomic E-state index is 4.22. The van der Waals surface area contributed by atoms with Crippen LogP contribution in [0.2, 0.25) is 0 Å². The monoisotopic (exact) mass is 207 g/mol. The van der Waals surface area contributed by atoms with Gasteiger partial charge in [-0.3, -0.25) is 0 Å². The smallest absolute Gasteiger partial charge is 0.120 e. The molecule has 15 heavy (non-hydrogen) atoms. The topological polar surface area (TPSA) is 40.7 Å². The minimum atomic E-state index is 0.704. The molecule has 0 unspecified atom stereocenters. The highest BCUT2D eigenvalue weighted by molar-refractivity contribution is 4.87. The highest BCUT2D eigenvalue weighted by atomic mass is 15.0. The number of aromatic nitrogens is 2. The third-order valence-corrected chi connectivity index (χ3v) is 3.22. The van der Waals surface area contributed by atoms with E-state index in [1.165, 1.54) is 44.9 Å². The quantitative estimate of drug-likeness (QED) is 0.800. The summed E-state index contributed by atoms with van der Waals surface area (Å²) in [5, 5.41) is 3.60. The first kappa shape index (κ1) is 10.7. The molecule has 1 aromatic rings. The van der Waals surface area contributed by atoms with Gasteiger partial charge in [0.1, 0.15) is 5.82 Å². The van der Waals surface area contributed by atoms with Gasteiger partial charge in [0.2, 0.25) is 0 Å². The predicted molar refractivity (Wildman–Crippen MR) is 61.5 cm³/mol. The molecule has 0 amide bonds. The van der Waals surface area contributed by atoms with Crippen molar-refractivity contribution < 1.29 is 0 Å². The Morgan fingerprint density at radius 3 is 2.60 bits per heavy atom. The Morgan fingerprint density at radius 1 is 1.20 bits per heavy atom. The molecule has 1 aliphatic carbocycles. The van der Waals surface area contributed by atoms with E-state index < -0.39 is 0 Å². The largest absolute Gasteiger partial charge is 0.348 e. The molecular formula is C12H21N3. The minimum absolute atomic E-state index is 0.704. The molecule has 0 spiro atoms. The molecule has 0 atom stereocenters. The number of rotatable bonds is 3. The van der Waals surface area contributed by atoms with Gasteiger partial charge < -0.3 is 10.3 Å². The van der Waals surface area contributed by atoms with Crippen LogP contribution in [0.3, 0.4) is 0 Å². The van der Waals surface area contributed by atoms with Gasteiger partial charge in [0.15, 0.2) is 0 Å². The van der Waals surface area contributed by atoms with Gasteiger partial charge in [-0.1, -0.05) is 32.1 Å². The van der Waals surface area contributed by atoms with Gasteiger partial charge in [0.25, 0.3) is 0 Å². The fraction of sp³-hybridized carbons (Fsp3) is 0.750. The van der Waals surface area contributed by atoms with Gasteiger partial charge in [-0.2, -0.15) is 0 Å². The van der Waals surface area contributed by atoms with E-state index >= 15 is 0 Å². The van der Waals surface area contributed by atoms with Crippen molar-refractivity contribution in [3.8, 4) is 0 Å². The van der Waals surface area contributed by atoms with Crippen LogP contribution in [-0.4, -0.2) is 16.0 Å². The molecule has 3 nitrogen and oxygen atoms in total. The molecule has 0 aliphatic heterocycles. The second-order valence-corrected chi connectivity index (χ2v) is 4.46. The third kappa shape index (κ3) is 3.67. The fourth-order valence-corrected chi connectivity index (χ4v) is 2.30. The zero-order valence-electron chi connectivity index (χ0n) is 9.34. The number of hydrogen-bond acceptors (Lipinski definition) is 2. The first-order valence-electron chi connectivity index (χ1n) is 6.17. The van der Waals surface area contributed by atoms with Gasteiger partial charge in [0, 0.05) is 18.4 Å². The lowest BCUT2D eigenvalue weighted by Crippen LogP contribution is -2.29. The van der Waals surface area contributed by atoms with Crippen LogP contribution in [0.4, 0.5) is 0 Å². The van der Waals surface area contributed by atoms with Crippen molar-refractivity contribution in [1.82, 2.24) is 15.3 Å². The van der Waals surface area contributed by atoms with E-state index in [9.17, 15) is 0 Å². The number of H-pyrrole nitrogens is 1. The maximum Gasteiger partial charge on any atom is 0.120 e. The number of nitrogens with zero attached hydrogens (tertiary/aromatic N) is 1. The van der Waals surface area contributed by atoms with Crippen molar-refractivity contribution in [3.63, 3.8) is 0 Å². The molecule has 3 heteroatoms. The third-order valence-electron chi connectivity index (χ3n) is 3.22. The summed E-state index contributed by atoms with van der Waals surface area (Å²) in [6.45, 7) is 0.887. The summed E-state index contributed by atoms with van der Waals surface area (Å²) in [5.74, 6) is 1.05. The first-order valence-corrected chi connectivity index (χ1v) is 6.17. The molecule has 1 saturated carbocycles. The number of imidazole rings is 1. The summed E-state index contributed by atoms with van der Waals surface area (Å²) < 4.78 is 0. The molecule has 0 aromatic carbocycles. The minimum Gasteiger partial charge on any atom is -0.348 e. The Bertz CT molecular complexity index is 248. The Labute approximate surface area is 91.7 Å². The summed E-state index contributed by atoms with van der Waals surface area (Å²) in [6, 6.07) is 0.704. The number of nitrogens with one attached hydrogen (secondary N) is 2. The predicted octanol–water partition coefficient (Wildman–Crippen LogP) is 2.61. The average Bonchev–Trinajstić information content (AvgIpc) is 2.68. The Kier molecular flexibility index (Phi) is 4.21. The zero-order chi connectivity index (χ0) is 10.3. The maximum atomic E-state index is 4.22. The molecule has 2 rings (SSSR count). The zero-order valence-corrected chi connectivity index (χ0v) is 9.34. The average molecular weight is 207 g/mol. The van der Waals surface area contributed by atoms with E-state index in [1.807, 2.05) is 12.4 Å². The lowest BCUT2D eigenvalue weighted by atomic mass is 9.97. The molecule has 0 saturated heterocycles. The van der Waals surface area contributed by atoms with E-state index in [0.717, 1.165) is 12.4 Å². The second kappa shape index (κ2) is 5.91. The van der Waals surface area contributed by atoms with Crippen molar-refractivity contribution in [2.24, 2.45) is 0 Å². The first-order chi connectivity index (χ1) is 7.45. The summed E-state index contributed by atoms with van der Waals surface area (Å²) >= 11 is 0. The lowest BCUT2D eigenvalue weighted by molar-refractivity contribution is 0.386. The van der Waals surface area contributed by atoms with Crippen molar-refractivity contribution in [2.75, 3.05) is 0 Å². The van der Waals surface area contributed by atoms with Crippen molar-refractivity contribution >= 4 is 0 Å². The van der Waals surface area contributed by atoms with Gasteiger partial charge in [0.05, 0.1) is 6.54 Å². The molecule has 1 fully saturated rings. The molecule has 1 aliphatic rings. The molecule has 1 heterocycles. The highest BCUT2D eigenvalue weighted by Gasteiger charge is 2.10. The van der Waals surface area contributed by atoms with E-state index in [2.05, 4.69) is 15.3 Å². The Balaban J connectivity index is 1.72. The SMILES string of the molecule is c1c[nH]c(CNC2CCCCCCC2)n1. The van der Waals surface area contributed by atoms with Crippen LogP contribution in [0.15, 0.2) is 12.4 Å². The van der Waals surface area contributed by atoms with Crippen LogP contribution >= 0.6 is 0 Å². The summed E-state index contributed by atoms with van der Waals surface area (Å²) in [4.78, 5) is 7.36. The van der Waals surface area contributed by atoms with Gasteiger partial charge in [-0.25, -0.2) is 4.98 Å². The van der Waals surface area contributed by atoms with Crippen LogP contribution in [0.5, 0.6) is 0 Å². The van der Waals surface area contributed by atoms with E-state index in [4.69, 9.17) is 0 Å². The highest BCUT2D eigenvalue weighted by Crippen LogP contribution is 2.17. The number of hydrogen-bond donors (Lipinski definition) is 2. The second-order valence-electron chi connectivity index (χ2n) is 4.46. The normalized spacial score (nSPS) is 19.7. The number of aromatic amines is 1. The van der Waals surface area contributed by atoms with Crippen LogP contribution in [0.1, 0.15) is 50.8 Å². The van der Waals surface area contributed by atoms with E-state index in [-0.39, 0.29) is 0 Å². The van der Waals surface area contributed by atoms with Crippen LogP contribution < -0.4 is 5.32 Å². The van der Waals surface area contributed by atoms with Gasteiger partial charge in [-0.15, -0.1) is 0 Å².